The molecule has 2 aromatic rings. The number of hydrogen-bond donors (Lipinski definition) is 2. The van der Waals surface area contributed by atoms with E-state index in [0.29, 0.717) is 23.8 Å². The Morgan fingerprint density at radius 3 is 2.57 bits per heavy atom. The largest absolute Gasteiger partial charge is 0.396 e. The summed E-state index contributed by atoms with van der Waals surface area (Å²) in [4.78, 5) is 19.9. The maximum absolute atomic E-state index is 13.3. The maximum Gasteiger partial charge on any atom is 0.274 e. The van der Waals surface area contributed by atoms with Crippen molar-refractivity contribution >= 4 is 23.2 Å². The van der Waals surface area contributed by atoms with Gasteiger partial charge in [0.05, 0.1) is 10.7 Å². The minimum absolute atomic E-state index is 0.0000548. The van der Waals surface area contributed by atoms with E-state index in [1.54, 1.807) is 6.07 Å². The summed E-state index contributed by atoms with van der Waals surface area (Å²) < 4.78 is 1.90. The quantitative estimate of drug-likeness (QED) is 0.770. The number of imidazole rings is 1. The molecule has 2 aromatic heterocycles. The summed E-state index contributed by atoms with van der Waals surface area (Å²) in [7, 11) is 0. The molecule has 28 heavy (non-hydrogen) atoms. The number of fused-ring (bicyclic) bond motifs is 1. The number of rotatable bonds is 6. The molecular formula is C21H31ClN4O2. The van der Waals surface area contributed by atoms with E-state index in [2.05, 4.69) is 10.3 Å². The van der Waals surface area contributed by atoms with Crippen molar-refractivity contribution in [2.75, 3.05) is 26.2 Å². The predicted molar refractivity (Wildman–Crippen MR) is 112 cm³/mol. The number of carbonyl (C=O) groups excluding carboxylic acids is 1. The van der Waals surface area contributed by atoms with Crippen molar-refractivity contribution in [3.05, 3.63) is 34.7 Å². The van der Waals surface area contributed by atoms with Crippen LogP contribution in [0.15, 0.2) is 18.3 Å². The Morgan fingerprint density at radius 2 is 1.89 bits per heavy atom. The average Bonchev–Trinajstić information content (AvgIpc) is 2.99. The van der Waals surface area contributed by atoms with E-state index < -0.39 is 0 Å². The standard InChI is InChI=1S/C21H31ClN4O2/c1-21(2,15-27)14-23-12-17-19(24-18-9-8-16(22)13-26(17)18)20(28)25-10-6-4-3-5-7-11-25/h8-9,13,23,27H,3-7,10-12,14-15H2,1-2H3. The lowest BCUT2D eigenvalue weighted by Gasteiger charge is -2.25. The summed E-state index contributed by atoms with van der Waals surface area (Å²) >= 11 is 6.20. The van der Waals surface area contributed by atoms with Crippen LogP contribution in [0.25, 0.3) is 5.65 Å². The van der Waals surface area contributed by atoms with E-state index in [1.165, 1.54) is 19.3 Å². The number of carbonyl (C=O) groups is 1. The average molecular weight is 407 g/mol. The molecule has 3 rings (SSSR count). The summed E-state index contributed by atoms with van der Waals surface area (Å²) in [5.41, 5.74) is 1.80. The monoisotopic (exact) mass is 406 g/mol. The molecular weight excluding hydrogens is 376 g/mol. The first-order chi connectivity index (χ1) is 13.4. The molecule has 0 saturated carbocycles. The number of pyridine rings is 1. The van der Waals surface area contributed by atoms with Crippen molar-refractivity contribution in [1.29, 1.82) is 0 Å². The van der Waals surface area contributed by atoms with Crippen LogP contribution < -0.4 is 5.32 Å². The zero-order chi connectivity index (χ0) is 20.1. The zero-order valence-electron chi connectivity index (χ0n) is 16.9. The fraction of sp³-hybridized carbons (Fsp3) is 0.619. The lowest BCUT2D eigenvalue weighted by Crippen LogP contribution is -2.36. The summed E-state index contributed by atoms with van der Waals surface area (Å²) in [6, 6.07) is 3.63. The molecule has 3 heterocycles. The van der Waals surface area contributed by atoms with E-state index in [0.717, 1.165) is 37.3 Å². The number of likely N-dealkylation sites (tertiary alicyclic amines) is 1. The first-order valence-corrected chi connectivity index (χ1v) is 10.6. The minimum atomic E-state index is -0.231. The second-order valence-corrected chi connectivity index (χ2v) is 8.90. The Hall–Kier alpha value is -1.63. The number of halogens is 1. The fourth-order valence-corrected chi connectivity index (χ4v) is 3.74. The third-order valence-corrected chi connectivity index (χ3v) is 5.57. The van der Waals surface area contributed by atoms with Crippen molar-refractivity contribution < 1.29 is 9.90 Å². The lowest BCUT2D eigenvalue weighted by molar-refractivity contribution is 0.0735. The molecule has 1 saturated heterocycles. The van der Waals surface area contributed by atoms with Crippen molar-refractivity contribution in [3.63, 3.8) is 0 Å². The number of aliphatic hydroxyl groups is 1. The minimum Gasteiger partial charge on any atom is -0.396 e. The van der Waals surface area contributed by atoms with Crippen molar-refractivity contribution in [2.24, 2.45) is 5.41 Å². The molecule has 7 heteroatoms. The van der Waals surface area contributed by atoms with Gasteiger partial charge in [-0.1, -0.05) is 44.7 Å². The van der Waals surface area contributed by atoms with E-state index in [4.69, 9.17) is 11.6 Å². The first kappa shape index (κ1) is 21.1. The van der Waals surface area contributed by atoms with Gasteiger partial charge < -0.3 is 19.7 Å². The normalized spacial score (nSPS) is 16.2. The SMILES string of the molecule is CC(C)(CO)CNCc1c(C(=O)N2CCCCCCC2)nc2ccc(Cl)cn12. The Balaban J connectivity index is 1.88. The third kappa shape index (κ3) is 5.04. The van der Waals surface area contributed by atoms with Gasteiger partial charge in [0.2, 0.25) is 0 Å². The molecule has 0 spiro atoms. The first-order valence-electron chi connectivity index (χ1n) is 10.2. The highest BCUT2D eigenvalue weighted by Crippen LogP contribution is 2.21. The van der Waals surface area contributed by atoms with Gasteiger partial charge in [-0.15, -0.1) is 0 Å². The van der Waals surface area contributed by atoms with Gasteiger partial charge in [0.15, 0.2) is 5.69 Å². The number of aromatic nitrogens is 2. The topological polar surface area (TPSA) is 69.9 Å². The number of nitrogens with zero attached hydrogens (tertiary/aromatic N) is 3. The van der Waals surface area contributed by atoms with Gasteiger partial charge in [0.25, 0.3) is 5.91 Å². The Labute approximate surface area is 171 Å². The van der Waals surface area contributed by atoms with Crippen LogP contribution in [0, 0.1) is 5.41 Å². The molecule has 0 bridgehead atoms. The molecule has 0 unspecified atom stereocenters. The van der Waals surface area contributed by atoms with E-state index in [9.17, 15) is 9.90 Å². The molecule has 0 aliphatic carbocycles. The van der Waals surface area contributed by atoms with Crippen LogP contribution in [0.2, 0.25) is 5.02 Å². The fourth-order valence-electron chi connectivity index (χ4n) is 3.58. The van der Waals surface area contributed by atoms with Crippen LogP contribution in [-0.4, -0.2) is 51.5 Å². The smallest absolute Gasteiger partial charge is 0.274 e. The molecule has 1 aliphatic heterocycles. The predicted octanol–water partition coefficient (Wildman–Crippen LogP) is 3.50. The van der Waals surface area contributed by atoms with Gasteiger partial charge >= 0.3 is 0 Å². The summed E-state index contributed by atoms with van der Waals surface area (Å²) in [6.45, 7) is 6.79. The van der Waals surface area contributed by atoms with E-state index in [-0.39, 0.29) is 17.9 Å². The summed E-state index contributed by atoms with van der Waals surface area (Å²) in [5.74, 6) is -0.0000548. The van der Waals surface area contributed by atoms with Crippen molar-refractivity contribution in [2.45, 2.75) is 52.5 Å². The molecule has 1 amide bonds. The van der Waals surface area contributed by atoms with Crippen LogP contribution in [0.5, 0.6) is 0 Å². The third-order valence-electron chi connectivity index (χ3n) is 5.35. The molecule has 6 nitrogen and oxygen atoms in total. The maximum atomic E-state index is 13.3. The van der Waals surface area contributed by atoms with Crippen LogP contribution >= 0.6 is 11.6 Å². The molecule has 154 valence electrons. The lowest BCUT2D eigenvalue weighted by atomic mass is 9.95. The second kappa shape index (κ2) is 9.25. The van der Waals surface area contributed by atoms with Gasteiger partial charge in [-0.3, -0.25) is 4.79 Å². The number of nitrogens with one attached hydrogen (secondary N) is 1. The highest BCUT2D eigenvalue weighted by atomic mass is 35.5. The zero-order valence-corrected chi connectivity index (χ0v) is 17.6. The van der Waals surface area contributed by atoms with E-state index in [1.807, 2.05) is 35.4 Å². The molecule has 0 aromatic carbocycles. The van der Waals surface area contributed by atoms with Crippen molar-refractivity contribution in [3.8, 4) is 0 Å². The van der Waals surface area contributed by atoms with Crippen LogP contribution in [0.3, 0.4) is 0 Å². The van der Waals surface area contributed by atoms with Gasteiger partial charge in [0.1, 0.15) is 5.65 Å². The van der Waals surface area contributed by atoms with Crippen molar-refractivity contribution in [1.82, 2.24) is 19.6 Å². The molecule has 0 radical (unpaired) electrons. The molecule has 1 fully saturated rings. The van der Waals surface area contributed by atoms with Crippen LogP contribution in [-0.2, 0) is 6.54 Å². The Bertz CT molecular complexity index is 810. The molecule has 0 atom stereocenters. The number of amides is 1. The molecule has 2 N–H and O–H groups in total. The van der Waals surface area contributed by atoms with Crippen LogP contribution in [0.1, 0.15) is 62.1 Å². The highest BCUT2D eigenvalue weighted by molar-refractivity contribution is 6.30. The van der Waals surface area contributed by atoms with Gasteiger partial charge in [-0.2, -0.15) is 0 Å². The number of hydrogen-bond acceptors (Lipinski definition) is 4. The van der Waals surface area contributed by atoms with E-state index >= 15 is 0 Å². The van der Waals surface area contributed by atoms with Gasteiger partial charge in [-0.25, -0.2) is 4.98 Å². The Morgan fingerprint density at radius 1 is 1.21 bits per heavy atom. The second-order valence-electron chi connectivity index (χ2n) is 8.47. The summed E-state index contributed by atoms with van der Waals surface area (Å²) in [6.07, 6.45) is 7.50. The van der Waals surface area contributed by atoms with Gasteiger partial charge in [0, 0.05) is 44.4 Å². The highest BCUT2D eigenvalue weighted by Gasteiger charge is 2.25. The number of aliphatic hydroxyl groups excluding tert-OH is 1. The molecule has 1 aliphatic rings. The van der Waals surface area contributed by atoms with Crippen LogP contribution in [0.4, 0.5) is 0 Å². The Kier molecular flexibility index (Phi) is 6.96. The summed E-state index contributed by atoms with van der Waals surface area (Å²) in [5, 5.41) is 13.5. The van der Waals surface area contributed by atoms with Gasteiger partial charge in [-0.05, 0) is 25.0 Å².